The molecule has 2 heteroatoms. The number of ether oxygens (including phenoxy) is 1. The SMILES string of the molecule is CCCNC1CC(OC2CCCCCC2)C1(C)C. The van der Waals surface area contributed by atoms with Gasteiger partial charge in [-0.25, -0.2) is 0 Å². The largest absolute Gasteiger partial charge is 0.374 e. The molecule has 2 aliphatic carbocycles. The maximum atomic E-state index is 6.39. The van der Waals surface area contributed by atoms with E-state index in [1.807, 2.05) is 0 Å². The fourth-order valence-corrected chi connectivity index (χ4v) is 3.39. The molecule has 0 heterocycles. The third-order valence-electron chi connectivity index (χ3n) is 4.98. The van der Waals surface area contributed by atoms with Crippen molar-refractivity contribution in [2.45, 2.75) is 90.4 Å². The quantitative estimate of drug-likeness (QED) is 0.750. The molecule has 1 N–H and O–H groups in total. The first-order chi connectivity index (χ1) is 8.64. The standard InChI is InChI=1S/C16H31NO/c1-4-11-17-14-12-15(16(14,2)3)18-13-9-7-5-6-8-10-13/h13-15,17H,4-12H2,1-3H3. The van der Waals surface area contributed by atoms with Gasteiger partial charge in [0.15, 0.2) is 0 Å². The molecule has 0 aliphatic heterocycles. The van der Waals surface area contributed by atoms with Crippen LogP contribution in [0.3, 0.4) is 0 Å². The highest BCUT2D eigenvalue weighted by Gasteiger charge is 2.49. The van der Waals surface area contributed by atoms with E-state index in [1.54, 1.807) is 0 Å². The van der Waals surface area contributed by atoms with Crippen LogP contribution in [-0.2, 0) is 4.74 Å². The Balaban J connectivity index is 1.77. The van der Waals surface area contributed by atoms with Crippen molar-refractivity contribution in [2.24, 2.45) is 5.41 Å². The van der Waals surface area contributed by atoms with Gasteiger partial charge in [0.2, 0.25) is 0 Å². The zero-order valence-electron chi connectivity index (χ0n) is 12.5. The molecule has 106 valence electrons. The van der Waals surface area contributed by atoms with Crippen LogP contribution >= 0.6 is 0 Å². The van der Waals surface area contributed by atoms with Gasteiger partial charge in [-0.1, -0.05) is 46.5 Å². The van der Waals surface area contributed by atoms with Crippen molar-refractivity contribution < 1.29 is 4.74 Å². The predicted octanol–water partition coefficient (Wildman–Crippen LogP) is 3.89. The minimum absolute atomic E-state index is 0.321. The van der Waals surface area contributed by atoms with Crippen molar-refractivity contribution in [1.29, 1.82) is 0 Å². The van der Waals surface area contributed by atoms with E-state index >= 15 is 0 Å². The van der Waals surface area contributed by atoms with Crippen LogP contribution in [0.4, 0.5) is 0 Å². The van der Waals surface area contributed by atoms with Crippen molar-refractivity contribution >= 4 is 0 Å². The zero-order chi connectivity index (χ0) is 13.0. The van der Waals surface area contributed by atoms with Crippen LogP contribution in [0, 0.1) is 5.41 Å². The second-order valence-electron chi connectivity index (χ2n) is 6.80. The summed E-state index contributed by atoms with van der Waals surface area (Å²) in [6.45, 7) is 8.11. The lowest BCUT2D eigenvalue weighted by Crippen LogP contribution is -2.61. The molecule has 0 radical (unpaired) electrons. The molecule has 2 aliphatic rings. The molecular formula is C16H31NO. The van der Waals surface area contributed by atoms with E-state index in [1.165, 1.54) is 51.4 Å². The first-order valence-corrected chi connectivity index (χ1v) is 8.03. The first-order valence-electron chi connectivity index (χ1n) is 8.03. The summed E-state index contributed by atoms with van der Waals surface area (Å²) in [7, 11) is 0. The van der Waals surface area contributed by atoms with Crippen LogP contribution in [-0.4, -0.2) is 24.8 Å². The second kappa shape index (κ2) is 6.38. The minimum Gasteiger partial charge on any atom is -0.374 e. The van der Waals surface area contributed by atoms with Crippen LogP contribution < -0.4 is 5.32 Å². The molecule has 2 rings (SSSR count). The molecule has 2 nitrogen and oxygen atoms in total. The lowest BCUT2D eigenvalue weighted by Gasteiger charge is -2.53. The number of hydrogen-bond donors (Lipinski definition) is 1. The summed E-state index contributed by atoms with van der Waals surface area (Å²) in [5.41, 5.74) is 0.321. The molecule has 18 heavy (non-hydrogen) atoms. The summed E-state index contributed by atoms with van der Waals surface area (Å²) in [6, 6.07) is 0.660. The summed E-state index contributed by atoms with van der Waals surface area (Å²) in [4.78, 5) is 0. The predicted molar refractivity (Wildman–Crippen MR) is 76.8 cm³/mol. The molecule has 2 saturated carbocycles. The van der Waals surface area contributed by atoms with E-state index in [0.717, 1.165) is 6.54 Å². The van der Waals surface area contributed by atoms with Gasteiger partial charge >= 0.3 is 0 Å². The van der Waals surface area contributed by atoms with E-state index in [0.29, 0.717) is 23.7 Å². The maximum Gasteiger partial charge on any atom is 0.0659 e. The third-order valence-corrected chi connectivity index (χ3v) is 4.98. The number of nitrogens with one attached hydrogen (secondary N) is 1. The average Bonchev–Trinajstić information content (AvgIpc) is 2.61. The van der Waals surface area contributed by atoms with Crippen molar-refractivity contribution in [3.63, 3.8) is 0 Å². The molecule has 0 aromatic carbocycles. The first kappa shape index (κ1) is 14.3. The highest BCUT2D eigenvalue weighted by molar-refractivity contribution is 5.03. The fraction of sp³-hybridized carbons (Fsp3) is 1.00. The van der Waals surface area contributed by atoms with Crippen molar-refractivity contribution in [1.82, 2.24) is 5.32 Å². The molecule has 0 spiro atoms. The van der Waals surface area contributed by atoms with Gasteiger partial charge in [-0.2, -0.15) is 0 Å². The van der Waals surface area contributed by atoms with Crippen molar-refractivity contribution in [2.75, 3.05) is 6.54 Å². The van der Waals surface area contributed by atoms with Gasteiger partial charge in [0.1, 0.15) is 0 Å². The minimum atomic E-state index is 0.321. The molecular weight excluding hydrogens is 222 g/mol. The van der Waals surface area contributed by atoms with Crippen LogP contribution in [0.25, 0.3) is 0 Å². The molecule has 2 atom stereocenters. The summed E-state index contributed by atoms with van der Waals surface area (Å²) in [5.74, 6) is 0. The van der Waals surface area contributed by atoms with Gasteiger partial charge in [0, 0.05) is 11.5 Å². The van der Waals surface area contributed by atoms with Crippen LogP contribution in [0.15, 0.2) is 0 Å². The molecule has 0 aromatic heterocycles. The van der Waals surface area contributed by atoms with Gasteiger partial charge in [-0.3, -0.25) is 0 Å². The Bertz CT molecular complexity index is 243. The Labute approximate surface area is 113 Å². The normalized spacial score (nSPS) is 32.8. The molecule has 0 amide bonds. The summed E-state index contributed by atoms with van der Waals surface area (Å²) >= 11 is 0. The van der Waals surface area contributed by atoms with E-state index in [-0.39, 0.29) is 0 Å². The molecule has 0 bridgehead atoms. The fourth-order valence-electron chi connectivity index (χ4n) is 3.39. The van der Waals surface area contributed by atoms with Gasteiger partial charge in [0.05, 0.1) is 12.2 Å². The van der Waals surface area contributed by atoms with Crippen LogP contribution in [0.1, 0.15) is 72.1 Å². The smallest absolute Gasteiger partial charge is 0.0659 e. The van der Waals surface area contributed by atoms with Crippen molar-refractivity contribution in [3.8, 4) is 0 Å². The Morgan fingerprint density at radius 1 is 1.11 bits per heavy atom. The molecule has 2 unspecified atom stereocenters. The zero-order valence-corrected chi connectivity index (χ0v) is 12.5. The monoisotopic (exact) mass is 253 g/mol. The second-order valence-corrected chi connectivity index (χ2v) is 6.80. The highest BCUT2D eigenvalue weighted by Crippen LogP contribution is 2.44. The summed E-state index contributed by atoms with van der Waals surface area (Å²) < 4.78 is 6.39. The Morgan fingerprint density at radius 3 is 2.33 bits per heavy atom. The Kier molecular flexibility index (Phi) is 5.08. The van der Waals surface area contributed by atoms with E-state index < -0.39 is 0 Å². The molecule has 0 aromatic rings. The number of rotatable bonds is 5. The Hall–Kier alpha value is -0.0800. The van der Waals surface area contributed by atoms with E-state index in [2.05, 4.69) is 26.1 Å². The van der Waals surface area contributed by atoms with E-state index in [4.69, 9.17) is 4.74 Å². The summed E-state index contributed by atoms with van der Waals surface area (Å²) in [6.07, 6.45) is 11.6. The molecule has 2 fully saturated rings. The Morgan fingerprint density at radius 2 is 1.78 bits per heavy atom. The highest BCUT2D eigenvalue weighted by atomic mass is 16.5. The van der Waals surface area contributed by atoms with Gasteiger partial charge in [-0.15, -0.1) is 0 Å². The lowest BCUT2D eigenvalue weighted by molar-refractivity contribution is -0.149. The van der Waals surface area contributed by atoms with Crippen LogP contribution in [0.2, 0.25) is 0 Å². The average molecular weight is 253 g/mol. The third kappa shape index (κ3) is 3.27. The van der Waals surface area contributed by atoms with Gasteiger partial charge in [-0.05, 0) is 32.2 Å². The lowest BCUT2D eigenvalue weighted by atomic mass is 9.64. The topological polar surface area (TPSA) is 21.3 Å². The van der Waals surface area contributed by atoms with Crippen molar-refractivity contribution in [3.05, 3.63) is 0 Å². The maximum absolute atomic E-state index is 6.39. The van der Waals surface area contributed by atoms with Crippen LogP contribution in [0.5, 0.6) is 0 Å². The van der Waals surface area contributed by atoms with Gasteiger partial charge < -0.3 is 10.1 Å². The molecule has 0 saturated heterocycles. The van der Waals surface area contributed by atoms with Gasteiger partial charge in [0.25, 0.3) is 0 Å². The van der Waals surface area contributed by atoms with E-state index in [9.17, 15) is 0 Å². The summed E-state index contributed by atoms with van der Waals surface area (Å²) in [5, 5.41) is 3.66. The number of hydrogen-bond acceptors (Lipinski definition) is 2.